The van der Waals surface area contributed by atoms with E-state index in [1.807, 2.05) is 5.32 Å². The van der Waals surface area contributed by atoms with E-state index in [-0.39, 0.29) is 17.8 Å². The molecule has 0 saturated carbocycles. The molecule has 3 amide bonds. The van der Waals surface area contributed by atoms with Crippen LogP contribution < -0.4 is 16.2 Å². The Morgan fingerprint density at radius 2 is 1.90 bits per heavy atom. The molecule has 0 spiro atoms. The molecule has 0 fully saturated rings. The van der Waals surface area contributed by atoms with Crippen molar-refractivity contribution < 1.29 is 19.1 Å². The van der Waals surface area contributed by atoms with E-state index in [0.717, 1.165) is 25.7 Å². The van der Waals surface area contributed by atoms with Crippen molar-refractivity contribution in [3.8, 4) is 0 Å². The van der Waals surface area contributed by atoms with Gasteiger partial charge in [0.1, 0.15) is 0 Å². The molecule has 1 heterocycles. The molecule has 2 aromatic rings. The monoisotopic (exact) mass is 414 g/mol. The third kappa shape index (κ3) is 6.26. The van der Waals surface area contributed by atoms with E-state index in [0.29, 0.717) is 17.3 Å². The number of hydrogen-bond acceptors (Lipinski definition) is 6. The summed E-state index contributed by atoms with van der Waals surface area (Å²) < 4.78 is 6.27. The maximum absolute atomic E-state index is 12.7. The lowest BCUT2D eigenvalue weighted by Crippen LogP contribution is -2.41. The fourth-order valence-corrected chi connectivity index (χ4v) is 2.80. The Hall–Kier alpha value is -3.49. The molecule has 0 radical (unpaired) electrons. The number of urea groups is 1. The first-order valence-electron chi connectivity index (χ1n) is 9.83. The summed E-state index contributed by atoms with van der Waals surface area (Å²) in [6, 6.07) is 5.89. The Kier molecular flexibility index (Phi) is 8.74. The zero-order chi connectivity index (χ0) is 21.9. The number of aryl methyl sites for hydroxylation is 1. The fraction of sp³-hybridized carbons (Fsp3) is 0.381. The van der Waals surface area contributed by atoms with E-state index < -0.39 is 24.5 Å². The van der Waals surface area contributed by atoms with Gasteiger partial charge in [-0.15, -0.1) is 6.58 Å². The van der Waals surface area contributed by atoms with E-state index in [1.54, 1.807) is 24.3 Å². The number of unbranched alkanes of at least 4 members (excludes halogenated alkanes) is 3. The van der Waals surface area contributed by atoms with Crippen LogP contribution in [-0.2, 0) is 16.1 Å². The molecule has 0 aliphatic heterocycles. The molecule has 0 aliphatic carbocycles. The van der Waals surface area contributed by atoms with Crippen LogP contribution in [0, 0.1) is 0 Å². The predicted octanol–water partition coefficient (Wildman–Crippen LogP) is 2.15. The average molecular weight is 414 g/mol. The highest BCUT2D eigenvalue weighted by Crippen LogP contribution is 2.14. The zero-order valence-corrected chi connectivity index (χ0v) is 17.0. The van der Waals surface area contributed by atoms with Gasteiger partial charge in [0.25, 0.3) is 11.5 Å². The summed E-state index contributed by atoms with van der Waals surface area (Å²) in [5.41, 5.74) is -0.333. The Labute approximate surface area is 174 Å². The molecule has 1 aromatic carbocycles. The number of ether oxygens (including phenoxy) is 1. The summed E-state index contributed by atoms with van der Waals surface area (Å²) in [5, 5.41) is 9.28. The number of nitrogens with zero attached hydrogens (tertiary/aromatic N) is 2. The number of fused-ring (bicyclic) bond motifs is 1. The maximum Gasteiger partial charge on any atom is 0.359 e. The number of amides is 3. The van der Waals surface area contributed by atoms with Crippen molar-refractivity contribution in [2.45, 2.75) is 39.2 Å². The smallest absolute Gasteiger partial charge is 0.359 e. The first-order chi connectivity index (χ1) is 14.5. The van der Waals surface area contributed by atoms with Crippen molar-refractivity contribution in [2.75, 3.05) is 13.2 Å². The van der Waals surface area contributed by atoms with Crippen molar-refractivity contribution in [1.82, 2.24) is 20.4 Å². The summed E-state index contributed by atoms with van der Waals surface area (Å²) in [5.74, 6) is -1.64. The van der Waals surface area contributed by atoms with Crippen molar-refractivity contribution in [2.24, 2.45) is 0 Å². The third-order valence-electron chi connectivity index (χ3n) is 4.28. The van der Waals surface area contributed by atoms with Crippen molar-refractivity contribution in [3.05, 3.63) is 53.0 Å². The van der Waals surface area contributed by atoms with Gasteiger partial charge < -0.3 is 10.1 Å². The van der Waals surface area contributed by atoms with Gasteiger partial charge in [0.05, 0.1) is 5.39 Å². The molecule has 0 bridgehead atoms. The SMILES string of the molecule is C=CCNC(=O)NC(=O)COC(=O)c1nn(CCCCCC)c(=O)c2ccccc12. The number of imide groups is 1. The number of aromatic nitrogens is 2. The first-order valence-corrected chi connectivity index (χ1v) is 9.83. The van der Waals surface area contributed by atoms with E-state index in [1.165, 1.54) is 10.8 Å². The van der Waals surface area contributed by atoms with Gasteiger partial charge in [0, 0.05) is 18.5 Å². The molecule has 30 heavy (non-hydrogen) atoms. The van der Waals surface area contributed by atoms with Crippen LogP contribution in [0.15, 0.2) is 41.7 Å². The van der Waals surface area contributed by atoms with E-state index in [2.05, 4.69) is 23.9 Å². The molecule has 0 unspecified atom stereocenters. The lowest BCUT2D eigenvalue weighted by Gasteiger charge is -2.11. The van der Waals surface area contributed by atoms with Crippen LogP contribution in [0.4, 0.5) is 4.79 Å². The number of carbonyl (C=O) groups is 3. The predicted molar refractivity (Wildman–Crippen MR) is 112 cm³/mol. The molecule has 0 atom stereocenters. The van der Waals surface area contributed by atoms with Gasteiger partial charge in [0.2, 0.25) is 0 Å². The number of benzene rings is 1. The molecular weight excluding hydrogens is 388 g/mol. The van der Waals surface area contributed by atoms with Crippen LogP contribution in [0.1, 0.15) is 43.1 Å². The number of nitrogens with one attached hydrogen (secondary N) is 2. The second-order valence-corrected chi connectivity index (χ2v) is 6.61. The number of hydrogen-bond donors (Lipinski definition) is 2. The Morgan fingerprint density at radius 3 is 2.60 bits per heavy atom. The van der Waals surface area contributed by atoms with Crippen molar-refractivity contribution >= 4 is 28.7 Å². The quantitative estimate of drug-likeness (QED) is 0.349. The molecule has 2 N–H and O–H groups in total. The number of esters is 1. The summed E-state index contributed by atoms with van der Waals surface area (Å²) in [7, 11) is 0. The molecule has 9 heteroatoms. The zero-order valence-electron chi connectivity index (χ0n) is 17.0. The van der Waals surface area contributed by atoms with Gasteiger partial charge in [0.15, 0.2) is 12.3 Å². The number of rotatable bonds is 10. The molecule has 2 rings (SSSR count). The van der Waals surface area contributed by atoms with Crippen LogP contribution in [-0.4, -0.2) is 40.8 Å². The van der Waals surface area contributed by atoms with Gasteiger partial charge in [-0.25, -0.2) is 14.3 Å². The van der Waals surface area contributed by atoms with Gasteiger partial charge in [-0.05, 0) is 12.5 Å². The van der Waals surface area contributed by atoms with Crippen LogP contribution in [0.2, 0.25) is 0 Å². The Morgan fingerprint density at radius 1 is 1.17 bits per heavy atom. The van der Waals surface area contributed by atoms with Gasteiger partial charge in [-0.2, -0.15) is 5.10 Å². The molecule has 1 aromatic heterocycles. The highest BCUT2D eigenvalue weighted by atomic mass is 16.5. The largest absolute Gasteiger partial charge is 0.451 e. The minimum Gasteiger partial charge on any atom is -0.451 e. The van der Waals surface area contributed by atoms with Crippen LogP contribution >= 0.6 is 0 Å². The maximum atomic E-state index is 12.7. The van der Waals surface area contributed by atoms with E-state index >= 15 is 0 Å². The third-order valence-corrected chi connectivity index (χ3v) is 4.28. The standard InChI is InChI=1S/C21H26N4O5/c1-3-5-6-9-13-25-19(27)16-11-8-7-10-15(16)18(24-25)20(28)30-14-17(26)23-21(29)22-12-4-2/h4,7-8,10-11H,2-3,5-6,9,12-14H2,1H3,(H2,22,23,26,29). The average Bonchev–Trinajstić information content (AvgIpc) is 2.75. The minimum atomic E-state index is -0.852. The second-order valence-electron chi connectivity index (χ2n) is 6.61. The minimum absolute atomic E-state index is 0.0513. The lowest BCUT2D eigenvalue weighted by atomic mass is 10.1. The topological polar surface area (TPSA) is 119 Å². The van der Waals surface area contributed by atoms with Crippen LogP contribution in [0.25, 0.3) is 10.8 Å². The Balaban J connectivity index is 2.14. The molecule has 0 aliphatic rings. The molecular formula is C21H26N4O5. The van der Waals surface area contributed by atoms with E-state index in [4.69, 9.17) is 4.74 Å². The summed E-state index contributed by atoms with van der Waals surface area (Å²) in [4.78, 5) is 48.5. The first kappa shape index (κ1) is 22.8. The highest BCUT2D eigenvalue weighted by Gasteiger charge is 2.19. The van der Waals surface area contributed by atoms with Crippen molar-refractivity contribution in [1.29, 1.82) is 0 Å². The van der Waals surface area contributed by atoms with Crippen LogP contribution in [0.3, 0.4) is 0 Å². The second kappa shape index (κ2) is 11.5. The lowest BCUT2D eigenvalue weighted by molar-refractivity contribution is -0.123. The summed E-state index contributed by atoms with van der Waals surface area (Å²) in [6.07, 6.45) is 5.27. The van der Waals surface area contributed by atoms with Gasteiger partial charge >= 0.3 is 12.0 Å². The summed E-state index contributed by atoms with van der Waals surface area (Å²) >= 11 is 0. The molecule has 160 valence electrons. The Bertz CT molecular complexity index is 983. The number of carbonyl (C=O) groups excluding carboxylic acids is 3. The summed E-state index contributed by atoms with van der Waals surface area (Å²) in [6.45, 7) is 5.44. The fourth-order valence-electron chi connectivity index (χ4n) is 2.80. The molecule has 0 saturated heterocycles. The van der Waals surface area contributed by atoms with Gasteiger partial charge in [-0.3, -0.25) is 14.9 Å². The van der Waals surface area contributed by atoms with Crippen LogP contribution in [0.5, 0.6) is 0 Å². The van der Waals surface area contributed by atoms with Gasteiger partial charge in [-0.1, -0.05) is 50.5 Å². The normalized spacial score (nSPS) is 10.4. The van der Waals surface area contributed by atoms with Crippen molar-refractivity contribution in [3.63, 3.8) is 0 Å². The van der Waals surface area contributed by atoms with E-state index in [9.17, 15) is 19.2 Å². The highest BCUT2D eigenvalue weighted by molar-refractivity contribution is 6.03. The molecule has 9 nitrogen and oxygen atoms in total.